The van der Waals surface area contributed by atoms with Gasteiger partial charge in [-0.3, -0.25) is 14.9 Å². The Bertz CT molecular complexity index is 1140. The molecular weight excluding hydrogens is 413 g/mol. The van der Waals surface area contributed by atoms with E-state index in [0.29, 0.717) is 5.92 Å². The number of carbonyl (C=O) groups excluding carboxylic acids is 2. The van der Waals surface area contributed by atoms with Gasteiger partial charge in [-0.05, 0) is 79.9 Å². The number of hydrogen-bond donors (Lipinski definition) is 1. The van der Waals surface area contributed by atoms with Crippen LogP contribution >= 0.6 is 12.2 Å². The summed E-state index contributed by atoms with van der Waals surface area (Å²) in [5, 5.41) is 2.36. The van der Waals surface area contributed by atoms with Crippen molar-refractivity contribution in [3.05, 3.63) is 65.0 Å². The van der Waals surface area contributed by atoms with Crippen LogP contribution in [0.2, 0.25) is 0 Å². The second-order valence-electron chi connectivity index (χ2n) is 8.70. The maximum Gasteiger partial charge on any atom is 0.270 e. The van der Waals surface area contributed by atoms with Crippen LogP contribution in [0.25, 0.3) is 6.08 Å². The molecule has 0 aromatic heterocycles. The van der Waals surface area contributed by atoms with Crippen LogP contribution in [0, 0.1) is 5.82 Å². The fraction of sp³-hybridized carbons (Fsp3) is 0.292. The molecule has 160 valence electrons. The second kappa shape index (κ2) is 7.57. The summed E-state index contributed by atoms with van der Waals surface area (Å²) < 4.78 is 14.3. The maximum absolute atomic E-state index is 14.3. The highest BCUT2D eigenvalue weighted by Gasteiger charge is 2.36. The van der Waals surface area contributed by atoms with Gasteiger partial charge in [0, 0.05) is 18.3 Å². The first kappa shape index (κ1) is 21.2. The molecule has 0 bridgehead atoms. The number of carbonyl (C=O) groups is 2. The third kappa shape index (κ3) is 3.63. The van der Waals surface area contributed by atoms with Crippen LogP contribution in [0.15, 0.2) is 48.0 Å². The van der Waals surface area contributed by atoms with Crippen molar-refractivity contribution in [2.24, 2.45) is 0 Å². The molecule has 2 aliphatic rings. The van der Waals surface area contributed by atoms with Gasteiger partial charge < -0.3 is 4.90 Å². The summed E-state index contributed by atoms with van der Waals surface area (Å²) in [6.45, 7) is 6.61. The third-order valence-corrected chi connectivity index (χ3v) is 6.45. The molecule has 5 nitrogen and oxygen atoms in total. The number of amides is 2. The molecule has 0 spiro atoms. The minimum atomic E-state index is -0.650. The molecule has 2 aliphatic heterocycles. The van der Waals surface area contributed by atoms with Crippen molar-refractivity contribution in [2.45, 2.75) is 38.6 Å². The van der Waals surface area contributed by atoms with Crippen LogP contribution < -0.4 is 15.1 Å². The molecule has 31 heavy (non-hydrogen) atoms. The van der Waals surface area contributed by atoms with Gasteiger partial charge in [-0.1, -0.05) is 25.1 Å². The number of anilines is 2. The Kier molecular flexibility index (Phi) is 5.17. The van der Waals surface area contributed by atoms with Gasteiger partial charge in [0.2, 0.25) is 0 Å². The van der Waals surface area contributed by atoms with E-state index < -0.39 is 17.6 Å². The lowest BCUT2D eigenvalue weighted by molar-refractivity contribution is -0.122. The number of thiocarbonyl (C=S) groups is 1. The van der Waals surface area contributed by atoms with Crippen molar-refractivity contribution in [3.63, 3.8) is 0 Å². The van der Waals surface area contributed by atoms with Crippen molar-refractivity contribution < 1.29 is 14.0 Å². The minimum absolute atomic E-state index is 0.00585. The first-order valence-electron chi connectivity index (χ1n) is 10.1. The van der Waals surface area contributed by atoms with Crippen LogP contribution in [0.5, 0.6) is 0 Å². The van der Waals surface area contributed by atoms with Gasteiger partial charge in [-0.25, -0.2) is 9.29 Å². The lowest BCUT2D eigenvalue weighted by atomic mass is 9.80. The number of para-hydroxylation sites is 1. The van der Waals surface area contributed by atoms with E-state index in [2.05, 4.69) is 38.0 Å². The normalized spacial score (nSPS) is 21.9. The molecule has 1 saturated heterocycles. The summed E-state index contributed by atoms with van der Waals surface area (Å²) in [5.74, 6) is -1.51. The number of halogens is 1. The fourth-order valence-electron chi connectivity index (χ4n) is 4.36. The molecular formula is C24H24FN3O2S. The largest absolute Gasteiger partial charge is 0.369 e. The fourth-order valence-corrected chi connectivity index (χ4v) is 4.64. The van der Waals surface area contributed by atoms with Gasteiger partial charge in [0.15, 0.2) is 5.11 Å². The number of rotatable bonds is 2. The van der Waals surface area contributed by atoms with Crippen molar-refractivity contribution >= 4 is 46.6 Å². The van der Waals surface area contributed by atoms with Gasteiger partial charge in [0.05, 0.1) is 5.69 Å². The molecule has 2 aromatic carbocycles. The first-order valence-corrected chi connectivity index (χ1v) is 10.5. The molecule has 0 radical (unpaired) electrons. The molecule has 7 heteroatoms. The monoisotopic (exact) mass is 437 g/mol. The second-order valence-corrected chi connectivity index (χ2v) is 9.09. The smallest absolute Gasteiger partial charge is 0.270 e. The van der Waals surface area contributed by atoms with Gasteiger partial charge >= 0.3 is 0 Å². The Hall–Kier alpha value is -3.06. The summed E-state index contributed by atoms with van der Waals surface area (Å²) in [6.07, 6.45) is 2.53. The Labute approximate surface area is 186 Å². The first-order chi connectivity index (χ1) is 14.6. The quantitative estimate of drug-likeness (QED) is 0.430. The molecule has 1 N–H and O–H groups in total. The van der Waals surface area contributed by atoms with E-state index in [1.807, 2.05) is 18.2 Å². The van der Waals surface area contributed by atoms with E-state index in [9.17, 15) is 14.0 Å². The molecule has 2 heterocycles. The lowest BCUT2D eigenvalue weighted by Gasteiger charge is -2.45. The van der Waals surface area contributed by atoms with Crippen molar-refractivity contribution in [1.82, 2.24) is 5.32 Å². The van der Waals surface area contributed by atoms with E-state index in [0.717, 1.165) is 22.6 Å². The Morgan fingerprint density at radius 2 is 1.87 bits per heavy atom. The summed E-state index contributed by atoms with van der Waals surface area (Å²) in [7, 11) is 2.08. The highest BCUT2D eigenvalue weighted by atomic mass is 32.1. The van der Waals surface area contributed by atoms with Gasteiger partial charge in [-0.2, -0.15) is 0 Å². The summed E-state index contributed by atoms with van der Waals surface area (Å²) in [5.41, 5.74) is 3.00. The third-order valence-electron chi connectivity index (χ3n) is 6.16. The van der Waals surface area contributed by atoms with Crippen molar-refractivity contribution in [3.8, 4) is 0 Å². The number of benzene rings is 2. The number of fused-ring (bicyclic) bond motifs is 1. The minimum Gasteiger partial charge on any atom is -0.369 e. The van der Waals surface area contributed by atoms with Crippen LogP contribution in [0.1, 0.15) is 44.2 Å². The van der Waals surface area contributed by atoms with E-state index in [4.69, 9.17) is 12.2 Å². The van der Waals surface area contributed by atoms with E-state index >= 15 is 0 Å². The zero-order valence-corrected chi connectivity index (χ0v) is 18.7. The Morgan fingerprint density at radius 3 is 2.58 bits per heavy atom. The SMILES string of the molecule is C[C@@H]1CC(C)(C)N(C)c2ccc(/C=C3\C(=O)NC(=S)N(c4ccccc4F)C3=O)cc21. The van der Waals surface area contributed by atoms with E-state index in [1.165, 1.54) is 23.8 Å². The molecule has 1 fully saturated rings. The van der Waals surface area contributed by atoms with Gasteiger partial charge in [-0.15, -0.1) is 0 Å². The number of nitrogens with zero attached hydrogens (tertiary/aromatic N) is 2. The van der Waals surface area contributed by atoms with Crippen LogP contribution in [0.4, 0.5) is 15.8 Å². The average molecular weight is 438 g/mol. The van der Waals surface area contributed by atoms with Crippen LogP contribution in [-0.2, 0) is 9.59 Å². The van der Waals surface area contributed by atoms with Crippen LogP contribution in [-0.4, -0.2) is 29.5 Å². The highest BCUT2D eigenvalue weighted by molar-refractivity contribution is 7.80. The predicted octanol–water partition coefficient (Wildman–Crippen LogP) is 4.38. The predicted molar refractivity (Wildman–Crippen MR) is 125 cm³/mol. The van der Waals surface area contributed by atoms with E-state index in [1.54, 1.807) is 12.1 Å². The maximum atomic E-state index is 14.3. The molecule has 0 unspecified atom stereocenters. The molecule has 0 saturated carbocycles. The lowest BCUT2D eigenvalue weighted by Crippen LogP contribution is -2.54. The van der Waals surface area contributed by atoms with Gasteiger partial charge in [0.1, 0.15) is 11.4 Å². The van der Waals surface area contributed by atoms with Gasteiger partial charge in [0.25, 0.3) is 11.8 Å². The molecule has 4 rings (SSSR count). The standard InChI is InChI=1S/C24H24FN3O2S/c1-14-13-24(2,3)27(4)19-10-9-15(11-16(14)19)12-17-21(29)26-23(31)28(22(17)30)20-8-6-5-7-18(20)25/h5-12,14H,13H2,1-4H3,(H,26,29,31)/b17-12+/t14-/m1/s1. The molecule has 0 aliphatic carbocycles. The Balaban J connectivity index is 1.74. The average Bonchev–Trinajstić information content (AvgIpc) is 2.70. The molecule has 2 aromatic rings. The number of nitrogens with one attached hydrogen (secondary N) is 1. The van der Waals surface area contributed by atoms with E-state index in [-0.39, 0.29) is 21.9 Å². The molecule has 2 amide bonds. The van der Waals surface area contributed by atoms with Crippen molar-refractivity contribution in [2.75, 3.05) is 16.8 Å². The van der Waals surface area contributed by atoms with Crippen molar-refractivity contribution in [1.29, 1.82) is 0 Å². The summed E-state index contributed by atoms with van der Waals surface area (Å²) >= 11 is 5.14. The molecule has 1 atom stereocenters. The zero-order chi connectivity index (χ0) is 22.5. The summed E-state index contributed by atoms with van der Waals surface area (Å²) in [4.78, 5) is 29.0. The number of hydrogen-bond acceptors (Lipinski definition) is 4. The highest BCUT2D eigenvalue weighted by Crippen LogP contribution is 2.42. The summed E-state index contributed by atoms with van der Waals surface area (Å²) in [6, 6.07) is 11.7. The van der Waals surface area contributed by atoms with Crippen LogP contribution in [0.3, 0.4) is 0 Å². The topological polar surface area (TPSA) is 52.7 Å². The zero-order valence-electron chi connectivity index (χ0n) is 17.9. The Morgan fingerprint density at radius 1 is 1.16 bits per heavy atom.